The van der Waals surface area contributed by atoms with Gasteiger partial charge in [0, 0.05) is 18.2 Å². The van der Waals surface area contributed by atoms with E-state index < -0.39 is 12.0 Å². The highest BCUT2D eigenvalue weighted by atomic mass is 32.2. The highest BCUT2D eigenvalue weighted by molar-refractivity contribution is 7.99. The number of rotatable bonds is 5. The van der Waals surface area contributed by atoms with Gasteiger partial charge in [-0.1, -0.05) is 0 Å². The first kappa shape index (κ1) is 13.3. The molecule has 1 aliphatic heterocycles. The summed E-state index contributed by atoms with van der Waals surface area (Å²) in [6.45, 7) is 0. The number of hydrogen-bond acceptors (Lipinski definition) is 4. The maximum Gasteiger partial charge on any atom is 0.303 e. The van der Waals surface area contributed by atoms with E-state index in [0.29, 0.717) is 0 Å². The Morgan fingerprint density at radius 2 is 2.31 bits per heavy atom. The molecule has 1 heterocycles. The van der Waals surface area contributed by atoms with E-state index in [1.165, 1.54) is 0 Å². The van der Waals surface area contributed by atoms with Crippen LogP contribution in [0.5, 0.6) is 0 Å². The Kier molecular flexibility index (Phi) is 5.62. The van der Waals surface area contributed by atoms with Crippen molar-refractivity contribution in [2.24, 2.45) is 5.73 Å². The molecule has 0 radical (unpaired) electrons. The molecule has 16 heavy (non-hydrogen) atoms. The van der Waals surface area contributed by atoms with Crippen LogP contribution in [-0.4, -0.2) is 40.6 Å². The molecule has 0 aromatic heterocycles. The average Bonchev–Trinajstić information content (AvgIpc) is 2.27. The van der Waals surface area contributed by atoms with Crippen molar-refractivity contribution in [1.29, 1.82) is 0 Å². The molecule has 1 fully saturated rings. The second kappa shape index (κ2) is 6.75. The topological polar surface area (TPSA) is 92.4 Å². The van der Waals surface area contributed by atoms with Crippen LogP contribution in [0.1, 0.15) is 25.7 Å². The summed E-state index contributed by atoms with van der Waals surface area (Å²) in [5.41, 5.74) is 5.60. The van der Waals surface area contributed by atoms with Gasteiger partial charge >= 0.3 is 5.97 Å². The van der Waals surface area contributed by atoms with Crippen molar-refractivity contribution in [2.45, 2.75) is 37.8 Å². The molecule has 1 rings (SSSR count). The Labute approximate surface area is 99.1 Å². The van der Waals surface area contributed by atoms with E-state index in [1.54, 1.807) is 0 Å². The van der Waals surface area contributed by atoms with Gasteiger partial charge in [-0.3, -0.25) is 9.59 Å². The largest absolute Gasteiger partial charge is 0.481 e. The number of carbonyl (C=O) groups is 2. The standard InChI is InChI=1S/C10H18N2O3S/c11-8(3-4-9(13)14)10(15)12-7-2-1-5-16-6-7/h7-8H,1-6,11H2,(H,12,15)(H,13,14). The summed E-state index contributed by atoms with van der Waals surface area (Å²) < 4.78 is 0. The SMILES string of the molecule is NC(CCC(=O)O)C(=O)NC1CCCSC1. The molecule has 92 valence electrons. The van der Waals surface area contributed by atoms with E-state index in [0.717, 1.165) is 24.3 Å². The van der Waals surface area contributed by atoms with Crippen LogP contribution >= 0.6 is 11.8 Å². The number of thioether (sulfide) groups is 1. The lowest BCUT2D eigenvalue weighted by Gasteiger charge is -2.23. The molecule has 2 atom stereocenters. The van der Waals surface area contributed by atoms with Gasteiger partial charge in [0.2, 0.25) is 5.91 Å². The second-order valence-corrected chi connectivity index (χ2v) is 5.11. The first-order valence-electron chi connectivity index (χ1n) is 5.45. The van der Waals surface area contributed by atoms with E-state index in [4.69, 9.17) is 10.8 Å². The Balaban J connectivity index is 2.24. The molecule has 5 nitrogen and oxygen atoms in total. The van der Waals surface area contributed by atoms with Gasteiger partial charge < -0.3 is 16.2 Å². The number of carboxylic acids is 1. The monoisotopic (exact) mass is 246 g/mol. The fraction of sp³-hybridized carbons (Fsp3) is 0.800. The Morgan fingerprint density at radius 1 is 1.56 bits per heavy atom. The number of nitrogens with two attached hydrogens (primary N) is 1. The highest BCUT2D eigenvalue weighted by Crippen LogP contribution is 2.16. The smallest absolute Gasteiger partial charge is 0.303 e. The van der Waals surface area contributed by atoms with Crippen molar-refractivity contribution in [1.82, 2.24) is 5.32 Å². The van der Waals surface area contributed by atoms with Crippen LogP contribution in [0.2, 0.25) is 0 Å². The minimum absolute atomic E-state index is 0.0615. The fourth-order valence-electron chi connectivity index (χ4n) is 1.57. The third-order valence-electron chi connectivity index (χ3n) is 2.51. The van der Waals surface area contributed by atoms with E-state index >= 15 is 0 Å². The maximum absolute atomic E-state index is 11.6. The first-order valence-corrected chi connectivity index (χ1v) is 6.60. The predicted molar refractivity (Wildman–Crippen MR) is 63.3 cm³/mol. The summed E-state index contributed by atoms with van der Waals surface area (Å²) in [6.07, 6.45) is 2.24. The zero-order valence-electron chi connectivity index (χ0n) is 9.15. The summed E-state index contributed by atoms with van der Waals surface area (Å²) in [7, 11) is 0. The number of hydrogen-bond donors (Lipinski definition) is 3. The van der Waals surface area contributed by atoms with Gasteiger partial charge in [-0.15, -0.1) is 0 Å². The molecule has 1 saturated heterocycles. The van der Waals surface area contributed by atoms with Crippen LogP contribution in [0.25, 0.3) is 0 Å². The van der Waals surface area contributed by atoms with Crippen molar-refractivity contribution in [3.8, 4) is 0 Å². The molecule has 0 bridgehead atoms. The molecule has 0 aromatic rings. The number of carboxylic acid groups (broad SMARTS) is 1. The molecule has 1 amide bonds. The molecule has 0 saturated carbocycles. The molecule has 0 aromatic carbocycles. The molecule has 0 aliphatic carbocycles. The van der Waals surface area contributed by atoms with Crippen molar-refractivity contribution >= 4 is 23.6 Å². The normalized spacial score (nSPS) is 22.4. The number of carbonyl (C=O) groups excluding carboxylic acids is 1. The van der Waals surface area contributed by atoms with Crippen LogP contribution < -0.4 is 11.1 Å². The van der Waals surface area contributed by atoms with E-state index in [2.05, 4.69) is 5.32 Å². The van der Waals surface area contributed by atoms with Gasteiger partial charge in [-0.25, -0.2) is 0 Å². The van der Waals surface area contributed by atoms with Gasteiger partial charge in [-0.2, -0.15) is 11.8 Å². The van der Waals surface area contributed by atoms with E-state index in [9.17, 15) is 9.59 Å². The van der Waals surface area contributed by atoms with Crippen molar-refractivity contribution < 1.29 is 14.7 Å². The van der Waals surface area contributed by atoms with Gasteiger partial charge in [-0.05, 0) is 25.0 Å². The van der Waals surface area contributed by atoms with Crippen LogP contribution in [0.15, 0.2) is 0 Å². The highest BCUT2D eigenvalue weighted by Gasteiger charge is 2.20. The molecule has 0 spiro atoms. The summed E-state index contributed by atoms with van der Waals surface area (Å²) in [6, 6.07) is -0.509. The zero-order chi connectivity index (χ0) is 12.0. The lowest BCUT2D eigenvalue weighted by molar-refractivity contribution is -0.137. The lowest BCUT2D eigenvalue weighted by atomic mass is 10.1. The Bertz CT molecular complexity index is 254. The number of nitrogens with one attached hydrogen (secondary N) is 1. The van der Waals surface area contributed by atoms with Gasteiger partial charge in [0.05, 0.1) is 6.04 Å². The minimum atomic E-state index is -0.920. The molecule has 1 aliphatic rings. The summed E-state index contributed by atoms with van der Waals surface area (Å²) in [5, 5.41) is 11.3. The zero-order valence-corrected chi connectivity index (χ0v) is 9.96. The van der Waals surface area contributed by atoms with Crippen molar-refractivity contribution in [3.05, 3.63) is 0 Å². The maximum atomic E-state index is 11.6. The Hall–Kier alpha value is -0.750. The molecule has 2 unspecified atom stereocenters. The van der Waals surface area contributed by atoms with E-state index in [1.807, 2.05) is 11.8 Å². The Morgan fingerprint density at radius 3 is 2.88 bits per heavy atom. The lowest BCUT2D eigenvalue weighted by Crippen LogP contribution is -2.47. The summed E-state index contributed by atoms with van der Waals surface area (Å²) in [5.74, 6) is 0.930. The summed E-state index contributed by atoms with van der Waals surface area (Å²) >= 11 is 1.83. The third kappa shape index (κ3) is 4.85. The summed E-state index contributed by atoms with van der Waals surface area (Å²) in [4.78, 5) is 21.9. The van der Waals surface area contributed by atoms with Gasteiger partial charge in [0.25, 0.3) is 0 Å². The van der Waals surface area contributed by atoms with Crippen molar-refractivity contribution in [3.63, 3.8) is 0 Å². The fourth-order valence-corrected chi connectivity index (χ4v) is 2.64. The van der Waals surface area contributed by atoms with Crippen LogP contribution in [0.4, 0.5) is 0 Å². The second-order valence-electron chi connectivity index (χ2n) is 3.96. The third-order valence-corrected chi connectivity index (χ3v) is 3.73. The van der Waals surface area contributed by atoms with Gasteiger partial charge in [0.1, 0.15) is 0 Å². The van der Waals surface area contributed by atoms with Crippen LogP contribution in [0.3, 0.4) is 0 Å². The molecular formula is C10H18N2O3S. The van der Waals surface area contributed by atoms with E-state index in [-0.39, 0.29) is 24.8 Å². The number of amides is 1. The van der Waals surface area contributed by atoms with Crippen LogP contribution in [0, 0.1) is 0 Å². The molecule has 4 N–H and O–H groups in total. The quantitative estimate of drug-likeness (QED) is 0.644. The molecule has 6 heteroatoms. The first-order chi connectivity index (χ1) is 7.59. The van der Waals surface area contributed by atoms with Gasteiger partial charge in [0.15, 0.2) is 0 Å². The average molecular weight is 246 g/mol. The molecular weight excluding hydrogens is 228 g/mol. The minimum Gasteiger partial charge on any atom is -0.481 e. The van der Waals surface area contributed by atoms with Crippen LogP contribution in [-0.2, 0) is 9.59 Å². The van der Waals surface area contributed by atoms with Crippen molar-refractivity contribution in [2.75, 3.05) is 11.5 Å². The predicted octanol–water partition coefficient (Wildman–Crippen LogP) is 0.190. The number of aliphatic carboxylic acids is 1.